The minimum absolute atomic E-state index is 0.103. The highest BCUT2D eigenvalue weighted by Gasteiger charge is 2.07. The van der Waals surface area contributed by atoms with Crippen LogP contribution in [0.3, 0.4) is 0 Å². The Morgan fingerprint density at radius 2 is 1.86 bits per heavy atom. The second kappa shape index (κ2) is 4.72. The monoisotopic (exact) mass is 230 g/mol. The summed E-state index contributed by atoms with van der Waals surface area (Å²) in [5.74, 6) is 0.712. The first-order chi connectivity index (χ1) is 6.54. The highest BCUT2D eigenvalue weighted by molar-refractivity contribution is 6.42. The van der Waals surface area contributed by atoms with E-state index in [4.69, 9.17) is 27.9 Å². The van der Waals surface area contributed by atoms with Crippen LogP contribution in [0.1, 0.15) is 19.4 Å². The molecule has 0 unspecified atom stereocenters. The second-order valence-corrected chi connectivity index (χ2v) is 3.99. The molecule has 0 saturated heterocycles. The highest BCUT2D eigenvalue weighted by atomic mass is 35.5. The van der Waals surface area contributed by atoms with Crippen molar-refractivity contribution < 1.29 is 4.74 Å². The fourth-order valence-electron chi connectivity index (χ4n) is 1.06. The Hall–Kier alpha value is -0.660. The van der Waals surface area contributed by atoms with Crippen LogP contribution in [0.15, 0.2) is 18.7 Å². The Bertz CT molecular complexity index is 345. The van der Waals surface area contributed by atoms with Gasteiger partial charge < -0.3 is 4.74 Å². The van der Waals surface area contributed by atoms with E-state index in [-0.39, 0.29) is 6.10 Å². The normalized spacial score (nSPS) is 10.4. The van der Waals surface area contributed by atoms with E-state index in [9.17, 15) is 0 Å². The van der Waals surface area contributed by atoms with Crippen molar-refractivity contribution >= 4 is 29.3 Å². The van der Waals surface area contributed by atoms with Crippen molar-refractivity contribution in [2.75, 3.05) is 0 Å². The molecule has 0 fully saturated rings. The zero-order valence-corrected chi connectivity index (χ0v) is 9.69. The van der Waals surface area contributed by atoms with Crippen LogP contribution in [0.25, 0.3) is 6.08 Å². The molecule has 0 amide bonds. The molecular weight excluding hydrogens is 219 g/mol. The van der Waals surface area contributed by atoms with E-state index in [1.165, 1.54) is 0 Å². The fraction of sp³-hybridized carbons (Fsp3) is 0.273. The lowest BCUT2D eigenvalue weighted by molar-refractivity contribution is 0.242. The number of halogens is 2. The molecule has 0 radical (unpaired) electrons. The molecule has 0 heterocycles. The largest absolute Gasteiger partial charge is 0.490 e. The van der Waals surface area contributed by atoms with Gasteiger partial charge in [-0.2, -0.15) is 0 Å². The lowest BCUT2D eigenvalue weighted by Gasteiger charge is -2.13. The molecule has 76 valence electrons. The van der Waals surface area contributed by atoms with Crippen molar-refractivity contribution in [1.82, 2.24) is 0 Å². The van der Waals surface area contributed by atoms with E-state index in [0.29, 0.717) is 15.8 Å². The third-order valence-electron chi connectivity index (χ3n) is 1.64. The van der Waals surface area contributed by atoms with Gasteiger partial charge in [0, 0.05) is 11.6 Å². The molecule has 1 rings (SSSR count). The molecule has 0 bridgehead atoms. The summed E-state index contributed by atoms with van der Waals surface area (Å²) in [5.41, 5.74) is 0.855. The molecule has 0 aromatic heterocycles. The first-order valence-electron chi connectivity index (χ1n) is 4.32. The van der Waals surface area contributed by atoms with Crippen molar-refractivity contribution in [3.05, 3.63) is 34.3 Å². The van der Waals surface area contributed by atoms with Crippen LogP contribution in [0, 0.1) is 0 Å². The molecule has 0 aliphatic rings. The maximum Gasteiger partial charge on any atom is 0.128 e. The van der Waals surface area contributed by atoms with E-state index in [1.54, 1.807) is 18.2 Å². The van der Waals surface area contributed by atoms with E-state index in [1.807, 2.05) is 13.8 Å². The molecule has 1 aromatic carbocycles. The van der Waals surface area contributed by atoms with Gasteiger partial charge in [-0.3, -0.25) is 0 Å². The third-order valence-corrected chi connectivity index (χ3v) is 2.36. The Morgan fingerprint density at radius 3 is 2.36 bits per heavy atom. The zero-order valence-electron chi connectivity index (χ0n) is 8.18. The topological polar surface area (TPSA) is 9.23 Å². The Kier molecular flexibility index (Phi) is 3.85. The SMILES string of the molecule is C=Cc1cc(Cl)c(Cl)cc1OC(C)C. The number of ether oxygens (including phenoxy) is 1. The molecule has 0 atom stereocenters. The number of benzene rings is 1. The lowest BCUT2D eigenvalue weighted by atomic mass is 10.2. The van der Waals surface area contributed by atoms with Gasteiger partial charge in [0.2, 0.25) is 0 Å². The standard InChI is InChI=1S/C11H12Cl2O/c1-4-8-5-9(12)10(13)6-11(8)14-7(2)3/h4-7H,1H2,2-3H3. The minimum atomic E-state index is 0.103. The summed E-state index contributed by atoms with van der Waals surface area (Å²) in [6, 6.07) is 3.45. The van der Waals surface area contributed by atoms with Gasteiger partial charge in [0.25, 0.3) is 0 Å². The first kappa shape index (κ1) is 11.4. The van der Waals surface area contributed by atoms with E-state index in [2.05, 4.69) is 6.58 Å². The van der Waals surface area contributed by atoms with Gasteiger partial charge in [-0.1, -0.05) is 35.9 Å². The van der Waals surface area contributed by atoms with Gasteiger partial charge in [-0.25, -0.2) is 0 Å². The first-order valence-corrected chi connectivity index (χ1v) is 5.08. The van der Waals surface area contributed by atoms with Crippen LogP contribution >= 0.6 is 23.2 Å². The summed E-state index contributed by atoms with van der Waals surface area (Å²) in [7, 11) is 0. The third kappa shape index (κ3) is 2.66. The average Bonchev–Trinajstić information content (AvgIpc) is 2.10. The zero-order chi connectivity index (χ0) is 10.7. The molecule has 0 spiro atoms. The van der Waals surface area contributed by atoms with Crippen LogP contribution in [-0.2, 0) is 0 Å². The van der Waals surface area contributed by atoms with Gasteiger partial charge >= 0.3 is 0 Å². The average molecular weight is 231 g/mol. The molecule has 0 aliphatic heterocycles. The van der Waals surface area contributed by atoms with Gasteiger partial charge in [-0.05, 0) is 19.9 Å². The predicted molar refractivity (Wildman–Crippen MR) is 62.3 cm³/mol. The van der Waals surface area contributed by atoms with Gasteiger partial charge in [0.05, 0.1) is 16.1 Å². The number of hydrogen-bond acceptors (Lipinski definition) is 1. The number of hydrogen-bond donors (Lipinski definition) is 0. The van der Waals surface area contributed by atoms with Crippen LogP contribution in [-0.4, -0.2) is 6.10 Å². The van der Waals surface area contributed by atoms with Crippen LogP contribution in [0.5, 0.6) is 5.75 Å². The summed E-state index contributed by atoms with van der Waals surface area (Å²) in [4.78, 5) is 0. The molecule has 0 saturated carbocycles. The molecule has 1 aromatic rings. The van der Waals surface area contributed by atoms with Gasteiger partial charge in [0.15, 0.2) is 0 Å². The van der Waals surface area contributed by atoms with Crippen molar-refractivity contribution in [3.8, 4) is 5.75 Å². The summed E-state index contributed by atoms with van der Waals surface area (Å²) in [6.45, 7) is 7.60. The van der Waals surface area contributed by atoms with Crippen molar-refractivity contribution in [2.45, 2.75) is 20.0 Å². The Balaban J connectivity index is 3.13. The maximum absolute atomic E-state index is 5.88. The van der Waals surface area contributed by atoms with Gasteiger partial charge in [0.1, 0.15) is 5.75 Å². The molecule has 0 aliphatic carbocycles. The molecule has 1 nitrogen and oxygen atoms in total. The quantitative estimate of drug-likeness (QED) is 0.747. The maximum atomic E-state index is 5.88. The Morgan fingerprint density at radius 1 is 1.29 bits per heavy atom. The molecule has 14 heavy (non-hydrogen) atoms. The van der Waals surface area contributed by atoms with Crippen molar-refractivity contribution in [3.63, 3.8) is 0 Å². The molecule has 3 heteroatoms. The smallest absolute Gasteiger partial charge is 0.128 e. The van der Waals surface area contributed by atoms with Crippen LogP contribution < -0.4 is 4.74 Å². The molecular formula is C11H12Cl2O. The van der Waals surface area contributed by atoms with Gasteiger partial charge in [-0.15, -0.1) is 0 Å². The predicted octanol–water partition coefficient (Wildman–Crippen LogP) is 4.42. The molecule has 0 N–H and O–H groups in total. The van der Waals surface area contributed by atoms with Crippen molar-refractivity contribution in [2.24, 2.45) is 0 Å². The summed E-state index contributed by atoms with van der Waals surface area (Å²) < 4.78 is 5.56. The van der Waals surface area contributed by atoms with Crippen LogP contribution in [0.2, 0.25) is 10.0 Å². The number of rotatable bonds is 3. The van der Waals surface area contributed by atoms with Crippen LogP contribution in [0.4, 0.5) is 0 Å². The minimum Gasteiger partial charge on any atom is -0.490 e. The van der Waals surface area contributed by atoms with Crippen molar-refractivity contribution in [1.29, 1.82) is 0 Å². The highest BCUT2D eigenvalue weighted by Crippen LogP contribution is 2.31. The van der Waals surface area contributed by atoms with E-state index in [0.717, 1.165) is 5.56 Å². The summed E-state index contributed by atoms with van der Waals surface area (Å²) in [6.07, 6.45) is 1.80. The summed E-state index contributed by atoms with van der Waals surface area (Å²) in [5, 5.41) is 1.01. The summed E-state index contributed by atoms with van der Waals surface area (Å²) >= 11 is 11.7. The Labute approximate surface area is 94.3 Å². The fourth-order valence-corrected chi connectivity index (χ4v) is 1.39. The lowest BCUT2D eigenvalue weighted by Crippen LogP contribution is -2.06. The van der Waals surface area contributed by atoms with E-state index < -0.39 is 0 Å². The second-order valence-electron chi connectivity index (χ2n) is 3.17. The van der Waals surface area contributed by atoms with E-state index >= 15 is 0 Å².